The van der Waals surface area contributed by atoms with Crippen LogP contribution in [-0.2, 0) is 11.2 Å². The first kappa shape index (κ1) is 17.4. The maximum absolute atomic E-state index is 11.3. The van der Waals surface area contributed by atoms with Crippen molar-refractivity contribution in [2.24, 2.45) is 0 Å². The lowest BCUT2D eigenvalue weighted by Gasteiger charge is -2.12. The van der Waals surface area contributed by atoms with E-state index in [0.717, 1.165) is 37.9 Å². The molecule has 1 aliphatic rings. The van der Waals surface area contributed by atoms with Gasteiger partial charge in [-0.25, -0.2) is 14.5 Å². The summed E-state index contributed by atoms with van der Waals surface area (Å²) in [6, 6.07) is 4.36. The Morgan fingerprint density at radius 2 is 2.20 bits per heavy atom. The van der Waals surface area contributed by atoms with E-state index < -0.39 is 5.97 Å². The summed E-state index contributed by atoms with van der Waals surface area (Å²) in [6.45, 7) is 3.39. The fraction of sp³-hybridized carbons (Fsp3) is 0.500. The molecule has 7 heteroatoms. The number of benzene rings is 1. The average molecular weight is 345 g/mol. The van der Waals surface area contributed by atoms with Crippen molar-refractivity contribution in [1.29, 1.82) is 0 Å². The number of hydrogen-bond donors (Lipinski definition) is 2. The molecular formula is C18H23N3O4. The van der Waals surface area contributed by atoms with Gasteiger partial charge < -0.3 is 14.9 Å². The predicted molar refractivity (Wildman–Crippen MR) is 91.8 cm³/mol. The molecule has 1 aliphatic heterocycles. The number of rotatable bonds is 7. The Morgan fingerprint density at radius 3 is 2.88 bits per heavy atom. The lowest BCUT2D eigenvalue weighted by atomic mass is 10.1. The summed E-state index contributed by atoms with van der Waals surface area (Å²) in [5, 5.41) is 23.8. The zero-order valence-electron chi connectivity index (χ0n) is 14.3. The maximum Gasteiger partial charge on any atom is 0.335 e. The second-order valence-electron chi connectivity index (χ2n) is 6.34. The first-order valence-electron chi connectivity index (χ1n) is 8.69. The van der Waals surface area contributed by atoms with Gasteiger partial charge in [0.2, 0.25) is 0 Å². The topological polar surface area (TPSA) is 97.5 Å². The van der Waals surface area contributed by atoms with Crippen molar-refractivity contribution in [3.63, 3.8) is 0 Å². The molecule has 2 aromatic rings. The lowest BCUT2D eigenvalue weighted by molar-refractivity contribution is 0.0696. The number of phenolic OH excluding ortho intramolecular Hbond substituents is 1. The van der Waals surface area contributed by atoms with Crippen LogP contribution in [0.2, 0.25) is 0 Å². The Morgan fingerprint density at radius 1 is 1.36 bits per heavy atom. The number of ether oxygens (including phenoxy) is 1. The van der Waals surface area contributed by atoms with Crippen LogP contribution in [0.25, 0.3) is 11.4 Å². The smallest absolute Gasteiger partial charge is 0.335 e. The van der Waals surface area contributed by atoms with Crippen molar-refractivity contribution >= 4 is 5.97 Å². The number of aryl methyl sites for hydroxylation is 1. The number of carbonyl (C=O) groups is 1. The molecule has 0 bridgehead atoms. The lowest BCUT2D eigenvalue weighted by Crippen LogP contribution is -2.12. The van der Waals surface area contributed by atoms with E-state index in [1.54, 1.807) is 0 Å². The molecule has 2 N–H and O–H groups in total. The quantitative estimate of drug-likeness (QED) is 0.749. The molecule has 1 atom stereocenters. The van der Waals surface area contributed by atoms with E-state index in [1.807, 2.05) is 4.68 Å². The van der Waals surface area contributed by atoms with Crippen LogP contribution < -0.4 is 0 Å². The molecule has 2 heterocycles. The summed E-state index contributed by atoms with van der Waals surface area (Å²) < 4.78 is 7.29. The Labute approximate surface area is 146 Å². The first-order valence-corrected chi connectivity index (χ1v) is 8.69. The van der Waals surface area contributed by atoms with E-state index >= 15 is 0 Å². The molecule has 25 heavy (non-hydrogen) atoms. The van der Waals surface area contributed by atoms with Gasteiger partial charge in [-0.3, -0.25) is 0 Å². The van der Waals surface area contributed by atoms with E-state index in [4.69, 9.17) is 4.74 Å². The highest BCUT2D eigenvalue weighted by Crippen LogP contribution is 2.29. The van der Waals surface area contributed by atoms with Gasteiger partial charge in [-0.15, -0.1) is 0 Å². The normalized spacial score (nSPS) is 17.1. The van der Waals surface area contributed by atoms with E-state index in [-0.39, 0.29) is 17.4 Å². The number of aromatic carboxylic acids is 1. The Bertz CT molecular complexity index is 751. The molecule has 1 aromatic carbocycles. The van der Waals surface area contributed by atoms with E-state index in [2.05, 4.69) is 17.0 Å². The Balaban J connectivity index is 1.99. The summed E-state index contributed by atoms with van der Waals surface area (Å²) >= 11 is 0. The fourth-order valence-corrected chi connectivity index (χ4v) is 3.04. The summed E-state index contributed by atoms with van der Waals surface area (Å²) in [4.78, 5) is 15.9. The van der Waals surface area contributed by atoms with Crippen molar-refractivity contribution in [2.75, 3.05) is 13.2 Å². The third-order valence-corrected chi connectivity index (χ3v) is 4.35. The highest BCUT2D eigenvalue weighted by molar-refractivity contribution is 5.89. The van der Waals surface area contributed by atoms with Crippen LogP contribution in [0, 0.1) is 0 Å². The molecular weight excluding hydrogens is 322 g/mol. The largest absolute Gasteiger partial charge is 0.508 e. The maximum atomic E-state index is 11.3. The molecule has 1 aromatic heterocycles. The number of hydrogen-bond acceptors (Lipinski definition) is 5. The van der Waals surface area contributed by atoms with Crippen molar-refractivity contribution in [1.82, 2.24) is 14.8 Å². The first-order chi connectivity index (χ1) is 12.1. The third-order valence-electron chi connectivity index (χ3n) is 4.35. The number of aromatic nitrogens is 3. The van der Waals surface area contributed by atoms with Gasteiger partial charge in [0.05, 0.1) is 18.2 Å². The van der Waals surface area contributed by atoms with Crippen LogP contribution in [0.15, 0.2) is 18.2 Å². The van der Waals surface area contributed by atoms with Crippen LogP contribution in [0.3, 0.4) is 0 Å². The molecule has 0 spiro atoms. The average Bonchev–Trinajstić information content (AvgIpc) is 3.23. The van der Waals surface area contributed by atoms with Gasteiger partial charge in [-0.05, 0) is 31.0 Å². The van der Waals surface area contributed by atoms with Gasteiger partial charge in [0.15, 0.2) is 11.6 Å². The highest BCUT2D eigenvalue weighted by atomic mass is 16.5. The van der Waals surface area contributed by atoms with E-state index in [1.165, 1.54) is 18.2 Å². The van der Waals surface area contributed by atoms with Crippen molar-refractivity contribution in [2.45, 2.75) is 45.1 Å². The summed E-state index contributed by atoms with van der Waals surface area (Å²) in [5.41, 5.74) is 0.582. The molecule has 7 nitrogen and oxygen atoms in total. The van der Waals surface area contributed by atoms with Crippen LogP contribution in [0.1, 0.15) is 54.8 Å². The number of aromatic hydroxyl groups is 1. The van der Waals surface area contributed by atoms with E-state index in [0.29, 0.717) is 24.6 Å². The van der Waals surface area contributed by atoms with Gasteiger partial charge in [-0.2, -0.15) is 5.10 Å². The SMILES string of the molecule is CCCCCc1nc(-c2cc(O)cc(C(=O)O)c2)n(C2CCOC2)n1. The number of nitrogens with zero attached hydrogens (tertiary/aromatic N) is 3. The highest BCUT2D eigenvalue weighted by Gasteiger charge is 2.24. The second-order valence-corrected chi connectivity index (χ2v) is 6.34. The minimum atomic E-state index is -1.09. The minimum absolute atomic E-state index is 0.0276. The van der Waals surface area contributed by atoms with Gasteiger partial charge in [-0.1, -0.05) is 19.8 Å². The van der Waals surface area contributed by atoms with Gasteiger partial charge >= 0.3 is 5.97 Å². The number of carboxylic acids is 1. The molecule has 1 saturated heterocycles. The van der Waals surface area contributed by atoms with Gasteiger partial charge in [0.1, 0.15) is 5.75 Å². The molecule has 0 aliphatic carbocycles. The van der Waals surface area contributed by atoms with Gasteiger partial charge in [0.25, 0.3) is 0 Å². The van der Waals surface area contributed by atoms with E-state index in [9.17, 15) is 15.0 Å². The van der Waals surface area contributed by atoms with Crippen LogP contribution >= 0.6 is 0 Å². The zero-order valence-corrected chi connectivity index (χ0v) is 14.3. The Kier molecular flexibility index (Phi) is 5.33. The monoisotopic (exact) mass is 345 g/mol. The van der Waals surface area contributed by atoms with Crippen molar-refractivity contribution < 1.29 is 19.7 Å². The zero-order chi connectivity index (χ0) is 17.8. The molecule has 0 radical (unpaired) electrons. The fourth-order valence-electron chi connectivity index (χ4n) is 3.04. The van der Waals surface area contributed by atoms with Crippen LogP contribution in [-0.4, -0.2) is 44.2 Å². The second kappa shape index (κ2) is 7.65. The molecule has 1 unspecified atom stereocenters. The molecule has 0 amide bonds. The Hall–Kier alpha value is -2.41. The van der Waals surface area contributed by atoms with Crippen molar-refractivity contribution in [3.05, 3.63) is 29.6 Å². The predicted octanol–water partition coefficient (Wildman–Crippen LogP) is 3.04. The van der Waals surface area contributed by atoms with Gasteiger partial charge in [0, 0.05) is 18.6 Å². The standard InChI is InChI=1S/C18H23N3O4/c1-2-3-4-5-16-19-17(21(20-16)14-6-7-25-11-14)12-8-13(18(23)24)10-15(22)9-12/h8-10,14,22H,2-7,11H2,1H3,(H,23,24). The molecule has 134 valence electrons. The number of unbranched alkanes of at least 4 members (excludes halogenated alkanes) is 2. The third kappa shape index (κ3) is 3.99. The summed E-state index contributed by atoms with van der Waals surface area (Å²) in [6.07, 6.45) is 4.88. The number of phenols is 1. The molecule has 1 fully saturated rings. The van der Waals surface area contributed by atoms with Crippen LogP contribution in [0.4, 0.5) is 0 Å². The molecule has 0 saturated carbocycles. The summed E-state index contributed by atoms with van der Waals surface area (Å²) in [5.74, 6) is 0.145. The summed E-state index contributed by atoms with van der Waals surface area (Å²) in [7, 11) is 0. The number of carboxylic acid groups (broad SMARTS) is 1. The minimum Gasteiger partial charge on any atom is -0.508 e. The van der Waals surface area contributed by atoms with Crippen LogP contribution in [0.5, 0.6) is 5.75 Å². The molecule has 3 rings (SSSR count). The van der Waals surface area contributed by atoms with Crippen molar-refractivity contribution in [3.8, 4) is 17.1 Å².